The van der Waals surface area contributed by atoms with Crippen LogP contribution in [0.1, 0.15) is 16.7 Å². The Labute approximate surface area is 118 Å². The van der Waals surface area contributed by atoms with Crippen molar-refractivity contribution in [1.29, 1.82) is 0 Å². The van der Waals surface area contributed by atoms with Crippen molar-refractivity contribution >= 4 is 17.5 Å². The Balaban J connectivity index is 1.95. The molecule has 4 heteroatoms. The predicted octanol–water partition coefficient (Wildman–Crippen LogP) is 3.63. The number of nitrogen functional groups attached to an aromatic ring is 1. The molecule has 0 radical (unpaired) electrons. The van der Waals surface area contributed by atoms with Crippen molar-refractivity contribution in [3.05, 3.63) is 59.2 Å². The van der Waals surface area contributed by atoms with Gasteiger partial charge in [-0.1, -0.05) is 24.3 Å². The Hall–Kier alpha value is -2.49. The highest BCUT2D eigenvalue weighted by atomic mass is 16.5. The molecule has 0 spiro atoms. The van der Waals surface area contributed by atoms with Gasteiger partial charge in [-0.2, -0.15) is 0 Å². The fourth-order valence-corrected chi connectivity index (χ4v) is 1.87. The topological polar surface area (TPSA) is 64.3 Å². The molecule has 1 amide bonds. The van der Waals surface area contributed by atoms with Crippen molar-refractivity contribution in [2.24, 2.45) is 0 Å². The van der Waals surface area contributed by atoms with Gasteiger partial charge in [-0.3, -0.25) is 5.32 Å². The van der Waals surface area contributed by atoms with E-state index in [0.717, 1.165) is 22.4 Å². The van der Waals surface area contributed by atoms with Crippen LogP contribution in [0.25, 0.3) is 0 Å². The Bertz CT molecular complexity index is 609. The number of aryl methyl sites for hydroxylation is 2. The summed E-state index contributed by atoms with van der Waals surface area (Å²) in [6, 6.07) is 13.0. The van der Waals surface area contributed by atoms with Gasteiger partial charge in [0.1, 0.15) is 6.61 Å². The molecular weight excluding hydrogens is 252 g/mol. The number of nitrogens with one attached hydrogen (secondary N) is 1. The van der Waals surface area contributed by atoms with Crippen molar-refractivity contribution < 1.29 is 9.53 Å². The van der Waals surface area contributed by atoms with Crippen LogP contribution in [0.5, 0.6) is 0 Å². The molecular formula is C16H18N2O2. The number of amides is 1. The molecule has 0 aliphatic carbocycles. The summed E-state index contributed by atoms with van der Waals surface area (Å²) in [5, 5.41) is 2.67. The highest BCUT2D eigenvalue weighted by molar-refractivity contribution is 5.84. The van der Waals surface area contributed by atoms with Crippen LogP contribution in [0.15, 0.2) is 42.5 Å². The average Bonchev–Trinajstić information content (AvgIpc) is 2.42. The largest absolute Gasteiger partial charge is 0.444 e. The molecule has 0 aliphatic rings. The number of anilines is 2. The number of rotatable bonds is 3. The molecule has 0 saturated carbocycles. The zero-order valence-corrected chi connectivity index (χ0v) is 11.6. The molecule has 3 N–H and O–H groups in total. The summed E-state index contributed by atoms with van der Waals surface area (Å²) in [5.41, 5.74) is 10.2. The predicted molar refractivity (Wildman–Crippen MR) is 80.6 cm³/mol. The van der Waals surface area contributed by atoms with Gasteiger partial charge in [0.25, 0.3) is 0 Å². The molecule has 0 saturated heterocycles. The molecule has 4 nitrogen and oxygen atoms in total. The first kappa shape index (κ1) is 13.9. The third-order valence-corrected chi connectivity index (χ3v) is 3.10. The SMILES string of the molecule is Cc1cc(COC(=O)Nc2ccccc2)c(C)cc1N. The molecule has 20 heavy (non-hydrogen) atoms. The van der Waals surface area contributed by atoms with Crippen LogP contribution in [0.2, 0.25) is 0 Å². The fraction of sp³-hybridized carbons (Fsp3) is 0.188. The maximum atomic E-state index is 11.7. The third kappa shape index (κ3) is 3.51. The van der Waals surface area contributed by atoms with Crippen molar-refractivity contribution in [3.8, 4) is 0 Å². The van der Waals surface area contributed by atoms with Gasteiger partial charge in [0.05, 0.1) is 0 Å². The van der Waals surface area contributed by atoms with Gasteiger partial charge in [-0.05, 0) is 48.7 Å². The Morgan fingerprint density at radius 2 is 1.85 bits per heavy atom. The molecule has 0 unspecified atom stereocenters. The number of carbonyl (C=O) groups is 1. The lowest BCUT2D eigenvalue weighted by atomic mass is 10.0. The molecule has 0 bridgehead atoms. The van der Waals surface area contributed by atoms with E-state index in [1.165, 1.54) is 0 Å². The van der Waals surface area contributed by atoms with Crippen LogP contribution >= 0.6 is 0 Å². The number of nitrogens with two attached hydrogens (primary N) is 1. The van der Waals surface area contributed by atoms with Crippen LogP contribution < -0.4 is 11.1 Å². The first-order chi connectivity index (χ1) is 9.56. The summed E-state index contributed by atoms with van der Waals surface area (Å²) >= 11 is 0. The first-order valence-corrected chi connectivity index (χ1v) is 6.40. The van der Waals surface area contributed by atoms with E-state index in [2.05, 4.69) is 5.32 Å². The average molecular weight is 270 g/mol. The second kappa shape index (κ2) is 6.10. The normalized spacial score (nSPS) is 10.1. The van der Waals surface area contributed by atoms with Crippen LogP contribution in [0, 0.1) is 13.8 Å². The minimum absolute atomic E-state index is 0.228. The quantitative estimate of drug-likeness (QED) is 0.837. The summed E-state index contributed by atoms with van der Waals surface area (Å²) in [4.78, 5) is 11.7. The van der Waals surface area contributed by atoms with Gasteiger partial charge < -0.3 is 10.5 Å². The van der Waals surface area contributed by atoms with Crippen LogP contribution in [-0.2, 0) is 11.3 Å². The van der Waals surface area contributed by atoms with E-state index >= 15 is 0 Å². The summed E-state index contributed by atoms with van der Waals surface area (Å²) < 4.78 is 5.22. The summed E-state index contributed by atoms with van der Waals surface area (Å²) in [5.74, 6) is 0. The van der Waals surface area contributed by atoms with Gasteiger partial charge in [0.2, 0.25) is 0 Å². The van der Waals surface area contributed by atoms with Gasteiger partial charge in [-0.25, -0.2) is 4.79 Å². The Morgan fingerprint density at radius 1 is 1.15 bits per heavy atom. The maximum Gasteiger partial charge on any atom is 0.411 e. The lowest BCUT2D eigenvalue weighted by molar-refractivity contribution is 0.155. The van der Waals surface area contributed by atoms with E-state index in [9.17, 15) is 4.79 Å². The number of benzene rings is 2. The second-order valence-corrected chi connectivity index (χ2v) is 4.70. The smallest absolute Gasteiger partial charge is 0.411 e. The van der Waals surface area contributed by atoms with Gasteiger partial charge in [-0.15, -0.1) is 0 Å². The summed E-state index contributed by atoms with van der Waals surface area (Å²) in [7, 11) is 0. The minimum atomic E-state index is -0.468. The lowest BCUT2D eigenvalue weighted by Crippen LogP contribution is -2.13. The zero-order valence-electron chi connectivity index (χ0n) is 11.6. The van der Waals surface area contributed by atoms with E-state index in [1.54, 1.807) is 12.1 Å². The van der Waals surface area contributed by atoms with E-state index in [4.69, 9.17) is 10.5 Å². The third-order valence-electron chi connectivity index (χ3n) is 3.10. The maximum absolute atomic E-state index is 11.7. The monoisotopic (exact) mass is 270 g/mol. The number of carbonyl (C=O) groups excluding carboxylic acids is 1. The molecule has 2 aromatic carbocycles. The van der Waals surface area contributed by atoms with Crippen LogP contribution in [-0.4, -0.2) is 6.09 Å². The minimum Gasteiger partial charge on any atom is -0.444 e. The number of ether oxygens (including phenoxy) is 1. The van der Waals surface area contributed by atoms with Crippen molar-refractivity contribution in [3.63, 3.8) is 0 Å². The number of hydrogen-bond donors (Lipinski definition) is 2. The molecule has 0 atom stereocenters. The molecule has 0 aliphatic heterocycles. The van der Waals surface area contributed by atoms with Crippen molar-refractivity contribution in [2.75, 3.05) is 11.1 Å². The molecule has 104 valence electrons. The Morgan fingerprint density at radius 3 is 2.55 bits per heavy atom. The second-order valence-electron chi connectivity index (χ2n) is 4.70. The standard InChI is InChI=1S/C16H18N2O2/c1-11-9-15(17)12(2)8-13(11)10-20-16(19)18-14-6-4-3-5-7-14/h3-9H,10,17H2,1-2H3,(H,18,19). The Kier molecular flexibility index (Phi) is 4.25. The molecule has 0 fully saturated rings. The molecule has 0 heterocycles. The van der Waals surface area contributed by atoms with E-state index in [-0.39, 0.29) is 6.61 Å². The fourth-order valence-electron chi connectivity index (χ4n) is 1.87. The highest BCUT2D eigenvalue weighted by Crippen LogP contribution is 2.18. The van der Waals surface area contributed by atoms with E-state index in [0.29, 0.717) is 5.69 Å². The van der Waals surface area contributed by atoms with E-state index < -0.39 is 6.09 Å². The molecule has 2 rings (SSSR count). The van der Waals surface area contributed by atoms with Gasteiger partial charge in [0, 0.05) is 11.4 Å². The lowest BCUT2D eigenvalue weighted by Gasteiger charge is -2.11. The zero-order chi connectivity index (χ0) is 14.5. The number of para-hydroxylation sites is 1. The molecule has 2 aromatic rings. The van der Waals surface area contributed by atoms with E-state index in [1.807, 2.05) is 44.2 Å². The van der Waals surface area contributed by atoms with Crippen molar-refractivity contribution in [1.82, 2.24) is 0 Å². The van der Waals surface area contributed by atoms with Crippen LogP contribution in [0.4, 0.5) is 16.2 Å². The van der Waals surface area contributed by atoms with Crippen LogP contribution in [0.3, 0.4) is 0 Å². The van der Waals surface area contributed by atoms with Gasteiger partial charge >= 0.3 is 6.09 Å². The first-order valence-electron chi connectivity index (χ1n) is 6.40. The van der Waals surface area contributed by atoms with Crippen molar-refractivity contribution in [2.45, 2.75) is 20.5 Å². The van der Waals surface area contributed by atoms with Gasteiger partial charge in [0.15, 0.2) is 0 Å². The number of hydrogen-bond acceptors (Lipinski definition) is 3. The highest BCUT2D eigenvalue weighted by Gasteiger charge is 2.07. The summed E-state index contributed by atoms with van der Waals surface area (Å²) in [6.45, 7) is 4.11. The molecule has 0 aromatic heterocycles. The summed E-state index contributed by atoms with van der Waals surface area (Å²) in [6.07, 6.45) is -0.468.